The summed E-state index contributed by atoms with van der Waals surface area (Å²) >= 11 is 0. The molecule has 20 heavy (non-hydrogen) atoms. The maximum atomic E-state index is 5.89. The van der Waals surface area contributed by atoms with Gasteiger partial charge in [0.2, 0.25) is 0 Å². The highest BCUT2D eigenvalue weighted by molar-refractivity contribution is 5.39. The molecule has 0 amide bonds. The molecule has 0 aliphatic heterocycles. The van der Waals surface area contributed by atoms with Gasteiger partial charge in [0.05, 0.1) is 13.2 Å². The Kier molecular flexibility index (Phi) is 6.19. The van der Waals surface area contributed by atoms with Gasteiger partial charge >= 0.3 is 0 Å². The van der Waals surface area contributed by atoms with Gasteiger partial charge in [-0.1, -0.05) is 25.5 Å². The van der Waals surface area contributed by atoms with Crippen LogP contribution in [-0.4, -0.2) is 25.8 Å². The van der Waals surface area contributed by atoms with Crippen molar-refractivity contribution in [1.82, 2.24) is 5.32 Å². The molecule has 1 aromatic rings. The Labute approximate surface area is 122 Å². The van der Waals surface area contributed by atoms with Crippen molar-refractivity contribution in [2.24, 2.45) is 5.92 Å². The molecule has 3 heteroatoms. The van der Waals surface area contributed by atoms with Gasteiger partial charge in [-0.25, -0.2) is 0 Å². The van der Waals surface area contributed by atoms with E-state index in [0.717, 1.165) is 37.1 Å². The van der Waals surface area contributed by atoms with Crippen LogP contribution in [0.25, 0.3) is 0 Å². The Morgan fingerprint density at radius 2 is 1.85 bits per heavy atom. The van der Waals surface area contributed by atoms with Gasteiger partial charge in [-0.15, -0.1) is 0 Å². The van der Waals surface area contributed by atoms with Crippen LogP contribution in [0.2, 0.25) is 0 Å². The number of benzene rings is 1. The molecule has 0 spiro atoms. The normalized spacial score (nSPS) is 15.9. The van der Waals surface area contributed by atoms with E-state index in [2.05, 4.69) is 12.2 Å². The number of ether oxygens (including phenoxy) is 2. The van der Waals surface area contributed by atoms with Crippen LogP contribution in [0.5, 0.6) is 11.5 Å². The third-order valence-electron chi connectivity index (χ3n) is 3.78. The van der Waals surface area contributed by atoms with E-state index in [1.54, 1.807) is 0 Å². The first-order valence-corrected chi connectivity index (χ1v) is 7.91. The summed E-state index contributed by atoms with van der Waals surface area (Å²) in [6.07, 6.45) is 5.01. The first-order chi connectivity index (χ1) is 9.83. The predicted octanol–water partition coefficient (Wildman–Crippen LogP) is 3.63. The standard InChI is InChI=1S/C17H27NO2/c1-3-14(13-18-15-9-10-15)11-12-20-17-8-6-5-7-16(17)19-4-2/h5-8,14-15,18H,3-4,9-13H2,1-2H3. The van der Waals surface area contributed by atoms with Gasteiger partial charge in [-0.3, -0.25) is 0 Å². The molecule has 0 aromatic heterocycles. The van der Waals surface area contributed by atoms with Crippen LogP contribution in [0.1, 0.15) is 39.5 Å². The van der Waals surface area contributed by atoms with Crippen LogP contribution in [0.3, 0.4) is 0 Å². The molecule has 0 radical (unpaired) electrons. The third-order valence-corrected chi connectivity index (χ3v) is 3.78. The van der Waals surface area contributed by atoms with E-state index in [1.165, 1.54) is 19.3 Å². The molecule has 1 atom stereocenters. The molecule has 2 rings (SSSR count). The number of hydrogen-bond acceptors (Lipinski definition) is 3. The zero-order chi connectivity index (χ0) is 14.2. The maximum absolute atomic E-state index is 5.89. The quantitative estimate of drug-likeness (QED) is 0.708. The van der Waals surface area contributed by atoms with E-state index in [9.17, 15) is 0 Å². The fraction of sp³-hybridized carbons (Fsp3) is 0.647. The summed E-state index contributed by atoms with van der Waals surface area (Å²) in [4.78, 5) is 0. The molecule has 3 nitrogen and oxygen atoms in total. The van der Waals surface area contributed by atoms with E-state index in [0.29, 0.717) is 12.5 Å². The zero-order valence-electron chi connectivity index (χ0n) is 12.7. The lowest BCUT2D eigenvalue weighted by molar-refractivity contribution is 0.250. The highest BCUT2D eigenvalue weighted by Crippen LogP contribution is 2.27. The lowest BCUT2D eigenvalue weighted by Crippen LogP contribution is -2.25. The minimum atomic E-state index is 0.670. The van der Waals surface area contributed by atoms with Crippen LogP contribution in [-0.2, 0) is 0 Å². The molecule has 1 unspecified atom stereocenters. The second-order valence-electron chi connectivity index (χ2n) is 5.47. The first-order valence-electron chi connectivity index (χ1n) is 7.91. The molecule has 112 valence electrons. The summed E-state index contributed by atoms with van der Waals surface area (Å²) in [6.45, 7) is 6.80. The molecular weight excluding hydrogens is 250 g/mol. The van der Waals surface area contributed by atoms with Crippen molar-refractivity contribution in [3.8, 4) is 11.5 Å². The first kappa shape index (κ1) is 15.2. The summed E-state index contributed by atoms with van der Waals surface area (Å²) in [7, 11) is 0. The predicted molar refractivity (Wildman–Crippen MR) is 82.5 cm³/mol. The van der Waals surface area contributed by atoms with E-state index in [1.807, 2.05) is 31.2 Å². The summed E-state index contributed by atoms with van der Waals surface area (Å²) < 4.78 is 11.5. The SMILES string of the molecule is CCOc1ccccc1OCCC(CC)CNC1CC1. The van der Waals surface area contributed by atoms with Gasteiger partial charge in [0.1, 0.15) is 0 Å². The van der Waals surface area contributed by atoms with Gasteiger partial charge in [0.15, 0.2) is 11.5 Å². The van der Waals surface area contributed by atoms with Gasteiger partial charge in [-0.2, -0.15) is 0 Å². The topological polar surface area (TPSA) is 30.5 Å². The smallest absolute Gasteiger partial charge is 0.161 e. The fourth-order valence-corrected chi connectivity index (χ4v) is 2.25. The van der Waals surface area contributed by atoms with Crippen LogP contribution in [0.4, 0.5) is 0 Å². The Balaban J connectivity index is 1.72. The molecule has 1 aliphatic rings. The van der Waals surface area contributed by atoms with Crippen LogP contribution >= 0.6 is 0 Å². The van der Waals surface area contributed by atoms with Crippen LogP contribution < -0.4 is 14.8 Å². The summed E-state index contributed by atoms with van der Waals surface area (Å²) in [5.41, 5.74) is 0. The zero-order valence-corrected chi connectivity index (χ0v) is 12.7. The van der Waals surface area contributed by atoms with Gasteiger partial charge in [-0.05, 0) is 50.8 Å². The Bertz CT molecular complexity index is 390. The van der Waals surface area contributed by atoms with Gasteiger partial charge in [0, 0.05) is 6.04 Å². The Morgan fingerprint density at radius 3 is 2.45 bits per heavy atom. The van der Waals surface area contributed by atoms with Crippen molar-refractivity contribution >= 4 is 0 Å². The highest BCUT2D eigenvalue weighted by Gasteiger charge is 2.21. The molecule has 1 N–H and O–H groups in total. The fourth-order valence-electron chi connectivity index (χ4n) is 2.25. The number of para-hydroxylation sites is 2. The van der Waals surface area contributed by atoms with Crippen molar-refractivity contribution in [3.63, 3.8) is 0 Å². The molecule has 1 saturated carbocycles. The lowest BCUT2D eigenvalue weighted by atomic mass is 10.0. The average Bonchev–Trinajstić information content (AvgIpc) is 3.29. The summed E-state index contributed by atoms with van der Waals surface area (Å²) in [5.74, 6) is 2.41. The summed E-state index contributed by atoms with van der Waals surface area (Å²) in [6, 6.07) is 8.71. The number of hydrogen-bond donors (Lipinski definition) is 1. The highest BCUT2D eigenvalue weighted by atomic mass is 16.5. The second-order valence-corrected chi connectivity index (χ2v) is 5.47. The molecule has 1 fully saturated rings. The van der Waals surface area contributed by atoms with E-state index < -0.39 is 0 Å². The molecular formula is C17H27NO2. The number of nitrogens with one attached hydrogen (secondary N) is 1. The summed E-state index contributed by atoms with van der Waals surface area (Å²) in [5, 5.41) is 3.61. The van der Waals surface area contributed by atoms with E-state index in [4.69, 9.17) is 9.47 Å². The molecule has 0 heterocycles. The Morgan fingerprint density at radius 1 is 1.15 bits per heavy atom. The molecule has 0 bridgehead atoms. The van der Waals surface area contributed by atoms with Crippen molar-refractivity contribution < 1.29 is 9.47 Å². The van der Waals surface area contributed by atoms with Crippen molar-refractivity contribution in [2.75, 3.05) is 19.8 Å². The maximum Gasteiger partial charge on any atom is 0.161 e. The molecule has 0 saturated heterocycles. The van der Waals surface area contributed by atoms with Crippen LogP contribution in [0, 0.1) is 5.92 Å². The molecule has 1 aliphatic carbocycles. The van der Waals surface area contributed by atoms with Gasteiger partial charge in [0.25, 0.3) is 0 Å². The van der Waals surface area contributed by atoms with Crippen molar-refractivity contribution in [1.29, 1.82) is 0 Å². The minimum absolute atomic E-state index is 0.670. The van der Waals surface area contributed by atoms with E-state index in [-0.39, 0.29) is 0 Å². The lowest BCUT2D eigenvalue weighted by Gasteiger charge is -2.17. The average molecular weight is 277 g/mol. The van der Waals surface area contributed by atoms with E-state index >= 15 is 0 Å². The molecule has 1 aromatic carbocycles. The largest absolute Gasteiger partial charge is 0.490 e. The van der Waals surface area contributed by atoms with Crippen LogP contribution in [0.15, 0.2) is 24.3 Å². The van der Waals surface area contributed by atoms with Crippen molar-refractivity contribution in [3.05, 3.63) is 24.3 Å². The van der Waals surface area contributed by atoms with Gasteiger partial charge < -0.3 is 14.8 Å². The number of rotatable bonds is 10. The second kappa shape index (κ2) is 8.15. The monoisotopic (exact) mass is 277 g/mol. The minimum Gasteiger partial charge on any atom is -0.490 e. The Hall–Kier alpha value is -1.22. The van der Waals surface area contributed by atoms with Crippen molar-refractivity contribution in [2.45, 2.75) is 45.6 Å². The third kappa shape index (κ3) is 5.04.